The maximum atomic E-state index is 12.9. The Labute approximate surface area is 253 Å². The van der Waals surface area contributed by atoms with E-state index in [1.807, 2.05) is 12.1 Å². The second-order valence-corrected chi connectivity index (χ2v) is 10.6. The van der Waals surface area contributed by atoms with Crippen LogP contribution < -0.4 is 19.5 Å². The number of thiazole rings is 1. The number of allylic oxidation sites excluding steroid dienone is 2. The average Bonchev–Trinajstić information content (AvgIpc) is 3.69. The van der Waals surface area contributed by atoms with Crippen LogP contribution in [0.2, 0.25) is 0 Å². The second-order valence-electron chi connectivity index (χ2n) is 9.53. The van der Waals surface area contributed by atoms with Crippen LogP contribution >= 0.6 is 11.3 Å². The largest absolute Gasteiger partial charge is 0.493 e. The fourth-order valence-electron chi connectivity index (χ4n) is 4.76. The molecule has 1 N–H and O–H groups in total. The molecular weight excluding hydrogens is 574 g/mol. The van der Waals surface area contributed by atoms with Gasteiger partial charge in [-0.15, -0.1) is 0 Å². The number of nitrogens with one attached hydrogen (secondary N) is 1. The van der Waals surface area contributed by atoms with Gasteiger partial charge in [-0.1, -0.05) is 29.5 Å². The summed E-state index contributed by atoms with van der Waals surface area (Å²) in [5, 5.41) is 7.57. The van der Waals surface area contributed by atoms with Crippen LogP contribution in [0.4, 0.5) is 5.13 Å². The minimum atomic E-state index is -1.25. The van der Waals surface area contributed by atoms with E-state index in [0.29, 0.717) is 45.0 Å². The number of benzene rings is 2. The van der Waals surface area contributed by atoms with E-state index in [-0.39, 0.29) is 12.5 Å². The molecule has 0 aliphatic heterocycles. The molecule has 0 spiro atoms. The van der Waals surface area contributed by atoms with Crippen molar-refractivity contribution in [3.05, 3.63) is 65.9 Å². The molecule has 5 rings (SSSR count). The Morgan fingerprint density at radius 1 is 1.02 bits per heavy atom. The van der Waals surface area contributed by atoms with Crippen molar-refractivity contribution in [2.24, 2.45) is 0 Å². The molecule has 0 bridgehead atoms. The van der Waals surface area contributed by atoms with E-state index in [1.54, 1.807) is 57.8 Å². The van der Waals surface area contributed by atoms with Crippen LogP contribution in [0.3, 0.4) is 0 Å². The van der Waals surface area contributed by atoms with Crippen molar-refractivity contribution in [2.45, 2.75) is 25.2 Å². The second kappa shape index (κ2) is 13.0. The summed E-state index contributed by atoms with van der Waals surface area (Å²) in [7, 11) is 7.65. The number of nitrogens with zero attached hydrogens (tertiary/aromatic N) is 2. The van der Waals surface area contributed by atoms with Gasteiger partial charge >= 0.3 is 0 Å². The Hall–Kier alpha value is -4.23. The highest BCUT2D eigenvalue weighted by Crippen LogP contribution is 2.41. The quantitative estimate of drug-likeness (QED) is 0.206. The van der Waals surface area contributed by atoms with E-state index >= 15 is 0 Å². The molecule has 226 valence electrons. The summed E-state index contributed by atoms with van der Waals surface area (Å²) in [6.45, 7) is 1.82. The van der Waals surface area contributed by atoms with Crippen molar-refractivity contribution in [1.29, 1.82) is 0 Å². The third-order valence-electron chi connectivity index (χ3n) is 7.12. The first-order chi connectivity index (χ1) is 20.9. The van der Waals surface area contributed by atoms with Crippen molar-refractivity contribution in [3.63, 3.8) is 0 Å². The first kappa shape index (κ1) is 30.2. The predicted octanol–water partition coefficient (Wildman–Crippen LogP) is 5.51. The molecular formula is C31H33N3O8S. The zero-order valence-corrected chi connectivity index (χ0v) is 25.6. The summed E-state index contributed by atoms with van der Waals surface area (Å²) in [6.07, 6.45) is 5.40. The molecule has 1 unspecified atom stereocenters. The lowest BCUT2D eigenvalue weighted by Crippen LogP contribution is -2.47. The molecule has 0 fully saturated rings. The summed E-state index contributed by atoms with van der Waals surface area (Å²) in [5.74, 6) is 0.321. The van der Waals surface area contributed by atoms with Crippen LogP contribution in [0.15, 0.2) is 59.1 Å². The van der Waals surface area contributed by atoms with Crippen LogP contribution in [0.5, 0.6) is 17.2 Å². The number of aryl methyl sites for hydroxylation is 1. The van der Waals surface area contributed by atoms with E-state index < -0.39 is 11.9 Å². The molecule has 2 heterocycles. The Morgan fingerprint density at radius 3 is 2.42 bits per heavy atom. The van der Waals surface area contributed by atoms with Crippen molar-refractivity contribution in [1.82, 2.24) is 10.1 Å². The zero-order chi connectivity index (χ0) is 30.6. The number of anilines is 1. The number of amides is 1. The van der Waals surface area contributed by atoms with Crippen molar-refractivity contribution < 1.29 is 37.7 Å². The van der Waals surface area contributed by atoms with Crippen LogP contribution in [0.1, 0.15) is 18.2 Å². The smallest absolute Gasteiger partial charge is 0.252 e. The van der Waals surface area contributed by atoms with Crippen molar-refractivity contribution >= 4 is 38.2 Å². The Bertz CT molecular complexity index is 1650. The molecule has 2 aromatic carbocycles. The first-order valence-corrected chi connectivity index (χ1v) is 14.3. The van der Waals surface area contributed by atoms with Gasteiger partial charge in [-0.2, -0.15) is 0 Å². The first-order valence-electron chi connectivity index (χ1n) is 13.5. The molecule has 12 heteroatoms. The number of methoxy groups -OCH3 is 5. The molecule has 2 aromatic heterocycles. The van der Waals surface area contributed by atoms with Crippen molar-refractivity contribution in [2.75, 3.05) is 47.5 Å². The SMILES string of the molecule is CCc1ccc2sc(NC(=O)COC3C=C(c4cc(-c5cc(OC)c(OC)c(OC)c5)no4)C=CC3(OC)OC)nc2c1. The molecule has 1 amide bonds. The number of ether oxygens (including phenoxy) is 6. The predicted molar refractivity (Wildman–Crippen MR) is 163 cm³/mol. The lowest BCUT2D eigenvalue weighted by Gasteiger charge is -2.36. The lowest BCUT2D eigenvalue weighted by molar-refractivity contribution is -0.225. The topological polar surface area (TPSA) is 123 Å². The molecule has 43 heavy (non-hydrogen) atoms. The number of fused-ring (bicyclic) bond motifs is 1. The van der Waals surface area contributed by atoms with Gasteiger partial charge in [0, 0.05) is 31.4 Å². The number of hydrogen-bond donors (Lipinski definition) is 1. The monoisotopic (exact) mass is 607 g/mol. The van der Waals surface area contributed by atoms with E-state index in [9.17, 15) is 4.79 Å². The van der Waals surface area contributed by atoms with Gasteiger partial charge in [-0.25, -0.2) is 4.98 Å². The van der Waals surface area contributed by atoms with Crippen LogP contribution in [0.25, 0.3) is 27.0 Å². The van der Waals surface area contributed by atoms with E-state index in [4.69, 9.17) is 32.9 Å². The van der Waals surface area contributed by atoms with Gasteiger partial charge in [-0.3, -0.25) is 10.1 Å². The molecule has 0 radical (unpaired) electrons. The summed E-state index contributed by atoms with van der Waals surface area (Å²) >= 11 is 1.41. The molecule has 4 aromatic rings. The highest BCUT2D eigenvalue weighted by molar-refractivity contribution is 7.22. The summed E-state index contributed by atoms with van der Waals surface area (Å²) < 4.78 is 40.4. The molecule has 1 atom stereocenters. The maximum Gasteiger partial charge on any atom is 0.252 e. The van der Waals surface area contributed by atoms with Crippen molar-refractivity contribution in [3.8, 4) is 28.5 Å². The number of aromatic nitrogens is 2. The molecule has 1 aliphatic rings. The zero-order valence-electron chi connectivity index (χ0n) is 24.8. The number of carbonyl (C=O) groups excluding carboxylic acids is 1. The minimum absolute atomic E-state index is 0.264. The number of carbonyl (C=O) groups is 1. The fourth-order valence-corrected chi connectivity index (χ4v) is 5.62. The van der Waals surface area contributed by atoms with Gasteiger partial charge in [0.25, 0.3) is 5.91 Å². The van der Waals surface area contributed by atoms with Gasteiger partial charge in [0.15, 0.2) is 22.4 Å². The van der Waals surface area contributed by atoms with Crippen LogP contribution in [-0.2, 0) is 25.4 Å². The van der Waals surface area contributed by atoms with Crippen LogP contribution in [-0.4, -0.2) is 70.1 Å². The third-order valence-corrected chi connectivity index (χ3v) is 8.07. The summed E-state index contributed by atoms with van der Waals surface area (Å²) in [6, 6.07) is 11.5. The fraction of sp³-hybridized carbons (Fsp3) is 0.323. The van der Waals surface area contributed by atoms with Gasteiger partial charge < -0.3 is 32.9 Å². The highest BCUT2D eigenvalue weighted by atomic mass is 32.1. The number of hydrogen-bond acceptors (Lipinski definition) is 11. The molecule has 0 saturated carbocycles. The standard InChI is InChI=1S/C31H33N3O8S/c1-7-18-8-9-26-22(12-18)32-30(43-26)33-28(35)17-41-27-15-19(10-11-31(27,39-5)40-6)23-16-21(34-42-23)20-13-24(36-2)29(38-4)25(14-20)37-3/h8-16,27H,7,17H2,1-6H3,(H,32,33,35). The Morgan fingerprint density at radius 2 is 1.77 bits per heavy atom. The summed E-state index contributed by atoms with van der Waals surface area (Å²) in [4.78, 5) is 17.4. The Kier molecular flexibility index (Phi) is 9.11. The van der Waals surface area contributed by atoms with Gasteiger partial charge in [0.2, 0.25) is 11.5 Å². The molecule has 1 aliphatic carbocycles. The van der Waals surface area contributed by atoms with Gasteiger partial charge in [0.1, 0.15) is 18.4 Å². The highest BCUT2D eigenvalue weighted by Gasteiger charge is 2.40. The van der Waals surface area contributed by atoms with Gasteiger partial charge in [-0.05, 0) is 54.5 Å². The van der Waals surface area contributed by atoms with Crippen LogP contribution in [0, 0.1) is 0 Å². The minimum Gasteiger partial charge on any atom is -0.493 e. The third kappa shape index (κ3) is 6.13. The molecule has 11 nitrogen and oxygen atoms in total. The van der Waals surface area contributed by atoms with E-state index in [0.717, 1.165) is 16.6 Å². The number of rotatable bonds is 12. The van der Waals surface area contributed by atoms with E-state index in [2.05, 4.69) is 28.4 Å². The summed E-state index contributed by atoms with van der Waals surface area (Å²) in [5.41, 5.74) is 3.96. The normalized spacial score (nSPS) is 15.8. The molecule has 0 saturated heterocycles. The average molecular weight is 608 g/mol. The maximum absolute atomic E-state index is 12.9. The lowest BCUT2D eigenvalue weighted by atomic mass is 9.96. The Balaban J connectivity index is 1.34. The van der Waals surface area contributed by atoms with E-state index in [1.165, 1.54) is 31.1 Å². The van der Waals surface area contributed by atoms with Gasteiger partial charge in [0.05, 0.1) is 31.5 Å².